The number of carbonyl (C=O) groups is 3. The highest BCUT2D eigenvalue weighted by molar-refractivity contribution is 6.00. The highest BCUT2D eigenvalue weighted by atomic mass is 16.6. The Labute approximate surface area is 266 Å². The molecule has 1 aliphatic heterocycles. The van der Waals surface area contributed by atoms with E-state index in [0.29, 0.717) is 17.9 Å². The number of nitriles is 1. The lowest BCUT2D eigenvalue weighted by molar-refractivity contribution is -0.384. The van der Waals surface area contributed by atoms with Gasteiger partial charge in [-0.1, -0.05) is 38.1 Å². The van der Waals surface area contributed by atoms with E-state index in [0.717, 1.165) is 7.11 Å². The van der Waals surface area contributed by atoms with Crippen LogP contribution >= 0.6 is 0 Å². The second kappa shape index (κ2) is 16.7. The first-order valence-electron chi connectivity index (χ1n) is 14.5. The van der Waals surface area contributed by atoms with Gasteiger partial charge >= 0.3 is 11.9 Å². The van der Waals surface area contributed by atoms with Crippen molar-refractivity contribution in [1.29, 1.82) is 5.26 Å². The Hall–Kier alpha value is -5.26. The topological polar surface area (TPSA) is 202 Å². The number of ether oxygens (including phenoxy) is 3. The third kappa shape index (κ3) is 9.62. The number of aliphatic hydroxyl groups excluding tert-OH is 1. The highest BCUT2D eigenvalue weighted by Gasteiger charge is 2.39. The average molecular weight is 636 g/mol. The first kappa shape index (κ1) is 35.2. The van der Waals surface area contributed by atoms with Gasteiger partial charge in [0.1, 0.15) is 36.8 Å². The number of hydrogen-bond donors (Lipinski definition) is 4. The molecule has 0 radical (unpaired) electrons. The number of nitro benzene ring substituents is 1. The SMILES string of the molecule is COC(=O)C1=C(C#N)NC(C)=C(C(=O)OCCNC(=O)Cc2ccc(OCC(O)CNC(C)C)cc2)C1c1cccc([N+](=O)[O-])c1. The molecule has 0 saturated carbocycles. The molecule has 1 aliphatic rings. The number of non-ortho nitro benzene ring substituents is 1. The van der Waals surface area contributed by atoms with Crippen LogP contribution in [0.1, 0.15) is 37.8 Å². The number of dihydropyridines is 1. The number of rotatable bonds is 15. The van der Waals surface area contributed by atoms with Crippen molar-refractivity contribution in [2.45, 2.75) is 45.3 Å². The van der Waals surface area contributed by atoms with E-state index in [4.69, 9.17) is 14.2 Å². The number of aliphatic hydroxyl groups is 1. The Kier molecular flexibility index (Phi) is 12.8. The molecule has 2 unspecified atom stereocenters. The normalized spacial score (nSPS) is 15.0. The van der Waals surface area contributed by atoms with Gasteiger partial charge in [0, 0.05) is 30.4 Å². The van der Waals surface area contributed by atoms with Crippen LogP contribution < -0.4 is 20.7 Å². The Morgan fingerprint density at radius 1 is 1.13 bits per heavy atom. The smallest absolute Gasteiger partial charge is 0.337 e. The molecule has 4 N–H and O–H groups in total. The van der Waals surface area contributed by atoms with Crippen molar-refractivity contribution in [3.63, 3.8) is 0 Å². The van der Waals surface area contributed by atoms with Crippen molar-refractivity contribution in [1.82, 2.24) is 16.0 Å². The largest absolute Gasteiger partial charge is 0.491 e. The van der Waals surface area contributed by atoms with Crippen LogP contribution in [0.2, 0.25) is 0 Å². The predicted octanol–water partition coefficient (Wildman–Crippen LogP) is 2.15. The van der Waals surface area contributed by atoms with Gasteiger partial charge in [0.2, 0.25) is 5.91 Å². The zero-order valence-electron chi connectivity index (χ0n) is 26.0. The van der Waals surface area contributed by atoms with Crippen molar-refractivity contribution >= 4 is 23.5 Å². The lowest BCUT2D eigenvalue weighted by atomic mass is 9.80. The van der Waals surface area contributed by atoms with Crippen LogP contribution in [-0.2, 0) is 30.3 Å². The predicted molar refractivity (Wildman–Crippen MR) is 165 cm³/mol. The summed E-state index contributed by atoms with van der Waals surface area (Å²) < 4.78 is 15.9. The summed E-state index contributed by atoms with van der Waals surface area (Å²) in [6.07, 6.45) is -0.605. The van der Waals surface area contributed by atoms with Crippen LogP contribution in [0, 0.1) is 21.4 Å². The summed E-state index contributed by atoms with van der Waals surface area (Å²) in [5.74, 6) is -2.72. The van der Waals surface area contributed by atoms with Gasteiger partial charge in [-0.15, -0.1) is 0 Å². The number of esters is 2. The van der Waals surface area contributed by atoms with Crippen LogP contribution in [0.25, 0.3) is 0 Å². The molecule has 46 heavy (non-hydrogen) atoms. The van der Waals surface area contributed by atoms with Crippen LogP contribution in [0.5, 0.6) is 5.75 Å². The molecule has 14 heteroatoms. The van der Waals surface area contributed by atoms with Crippen molar-refractivity contribution in [2.24, 2.45) is 0 Å². The molecule has 0 aliphatic carbocycles. The third-order valence-electron chi connectivity index (χ3n) is 6.86. The molecule has 244 valence electrons. The molecule has 1 heterocycles. The van der Waals surface area contributed by atoms with Crippen molar-refractivity contribution < 1.29 is 38.6 Å². The van der Waals surface area contributed by atoms with Gasteiger partial charge < -0.3 is 35.3 Å². The zero-order valence-corrected chi connectivity index (χ0v) is 26.0. The Morgan fingerprint density at radius 2 is 1.85 bits per heavy atom. The van der Waals surface area contributed by atoms with Gasteiger partial charge in [-0.2, -0.15) is 5.26 Å². The fourth-order valence-corrected chi connectivity index (χ4v) is 4.65. The van der Waals surface area contributed by atoms with Gasteiger partial charge in [0.15, 0.2) is 0 Å². The minimum atomic E-state index is -1.20. The molecule has 2 aromatic carbocycles. The van der Waals surface area contributed by atoms with Crippen molar-refractivity contribution in [2.75, 3.05) is 33.4 Å². The molecule has 0 aromatic heterocycles. The van der Waals surface area contributed by atoms with Crippen LogP contribution in [0.3, 0.4) is 0 Å². The van der Waals surface area contributed by atoms with E-state index in [1.807, 2.05) is 19.9 Å². The molecule has 0 spiro atoms. The summed E-state index contributed by atoms with van der Waals surface area (Å²) in [5, 5.41) is 39.6. The molecule has 1 amide bonds. The summed E-state index contributed by atoms with van der Waals surface area (Å²) in [6, 6.07) is 14.4. The quantitative estimate of drug-likeness (QED) is 0.0963. The van der Waals surface area contributed by atoms with Gasteiger partial charge in [0.25, 0.3) is 5.69 Å². The first-order valence-corrected chi connectivity index (χ1v) is 14.5. The number of allylic oxidation sites excluding steroid dienone is 2. The van der Waals surface area contributed by atoms with Gasteiger partial charge in [-0.25, -0.2) is 9.59 Å². The summed E-state index contributed by atoms with van der Waals surface area (Å²) in [6.45, 7) is 5.77. The number of amides is 1. The number of benzene rings is 2. The summed E-state index contributed by atoms with van der Waals surface area (Å²) in [7, 11) is 1.11. The van der Waals surface area contributed by atoms with Crippen LogP contribution in [0.15, 0.2) is 71.1 Å². The third-order valence-corrected chi connectivity index (χ3v) is 6.86. The standard InChI is InChI=1S/C32H37N5O9/c1-19(2)35-17-24(38)18-46-25-10-8-21(9-11-25)14-27(39)34-12-13-45-32(41)28-20(3)36-26(16-33)30(31(40)44-4)29(28)22-6-5-7-23(15-22)37(42)43/h5-11,15,19,24,29,35-36,38H,12-14,17-18H2,1-4H3,(H,34,39). The maximum Gasteiger partial charge on any atom is 0.337 e. The van der Waals surface area contributed by atoms with Crippen molar-refractivity contribution in [3.8, 4) is 11.8 Å². The highest BCUT2D eigenvalue weighted by Crippen LogP contribution is 2.40. The molecule has 3 rings (SSSR count). The second-order valence-electron chi connectivity index (χ2n) is 10.7. The fourth-order valence-electron chi connectivity index (χ4n) is 4.65. The van der Waals surface area contributed by atoms with E-state index in [-0.39, 0.29) is 71.9 Å². The van der Waals surface area contributed by atoms with Gasteiger partial charge in [-0.3, -0.25) is 14.9 Å². The minimum Gasteiger partial charge on any atom is -0.491 e. The Bertz CT molecular complexity index is 1540. The fraction of sp³-hybridized carbons (Fsp3) is 0.375. The average Bonchev–Trinajstić information content (AvgIpc) is 3.04. The number of carbonyl (C=O) groups excluding carboxylic acids is 3. The number of hydrogen-bond acceptors (Lipinski definition) is 12. The number of nitro groups is 1. The molecular weight excluding hydrogens is 598 g/mol. The Balaban J connectivity index is 1.61. The van der Waals surface area contributed by atoms with E-state index in [9.17, 15) is 34.9 Å². The lowest BCUT2D eigenvalue weighted by Crippen LogP contribution is -2.35. The number of methoxy groups -OCH3 is 1. The van der Waals surface area contributed by atoms with E-state index in [2.05, 4.69) is 16.0 Å². The summed E-state index contributed by atoms with van der Waals surface area (Å²) in [4.78, 5) is 49.4. The molecule has 0 saturated heterocycles. The zero-order chi connectivity index (χ0) is 33.8. The first-order chi connectivity index (χ1) is 21.9. The monoisotopic (exact) mass is 635 g/mol. The maximum absolute atomic E-state index is 13.3. The minimum absolute atomic E-state index is 0.0154. The van der Waals surface area contributed by atoms with Crippen LogP contribution in [0.4, 0.5) is 5.69 Å². The molecule has 2 aromatic rings. The summed E-state index contributed by atoms with van der Waals surface area (Å²) in [5.41, 5.74) is 0.448. The van der Waals surface area contributed by atoms with Gasteiger partial charge in [0.05, 0.1) is 42.1 Å². The molecule has 0 fully saturated rings. The maximum atomic E-state index is 13.3. The number of nitrogens with one attached hydrogen (secondary N) is 3. The molecule has 2 atom stereocenters. The van der Waals surface area contributed by atoms with E-state index in [1.165, 1.54) is 31.2 Å². The van der Waals surface area contributed by atoms with E-state index < -0.39 is 28.9 Å². The van der Waals surface area contributed by atoms with E-state index >= 15 is 0 Å². The van der Waals surface area contributed by atoms with Gasteiger partial charge in [-0.05, 0) is 30.2 Å². The molecular formula is C32H37N5O9. The Morgan fingerprint density at radius 3 is 2.48 bits per heavy atom. The molecule has 14 nitrogen and oxygen atoms in total. The molecule has 0 bridgehead atoms. The van der Waals surface area contributed by atoms with E-state index in [1.54, 1.807) is 24.3 Å². The van der Waals surface area contributed by atoms with Crippen molar-refractivity contribution in [3.05, 3.63) is 92.3 Å². The second-order valence-corrected chi connectivity index (χ2v) is 10.7. The summed E-state index contributed by atoms with van der Waals surface area (Å²) >= 11 is 0. The number of nitrogens with zero attached hydrogens (tertiary/aromatic N) is 2. The van der Waals surface area contributed by atoms with Crippen LogP contribution in [-0.4, -0.2) is 73.4 Å². The lowest BCUT2D eigenvalue weighted by Gasteiger charge is -2.29.